The number of hydrogen-bond donors (Lipinski definition) is 1. The predicted molar refractivity (Wildman–Crippen MR) is 82.7 cm³/mol. The molecule has 0 aliphatic heterocycles. The fourth-order valence-corrected chi connectivity index (χ4v) is 3.08. The molecule has 0 heterocycles. The van der Waals surface area contributed by atoms with E-state index >= 15 is 0 Å². The second-order valence-electron chi connectivity index (χ2n) is 5.29. The summed E-state index contributed by atoms with van der Waals surface area (Å²) in [5.74, 6) is 0. The molecule has 1 atom stereocenters. The van der Waals surface area contributed by atoms with E-state index in [1.54, 1.807) is 0 Å². The van der Waals surface area contributed by atoms with E-state index in [-0.39, 0.29) is 11.6 Å². The van der Waals surface area contributed by atoms with Gasteiger partial charge >= 0.3 is 0 Å². The van der Waals surface area contributed by atoms with Crippen molar-refractivity contribution in [1.29, 1.82) is 0 Å². The zero-order chi connectivity index (χ0) is 14.5. The Morgan fingerprint density at radius 2 is 1.79 bits per heavy atom. The van der Waals surface area contributed by atoms with E-state index in [2.05, 4.69) is 58.1 Å². The normalized spacial score (nSPS) is 13.6. The molecule has 0 amide bonds. The highest BCUT2D eigenvalue weighted by molar-refractivity contribution is 5.34. The Labute approximate surface area is 118 Å². The van der Waals surface area contributed by atoms with Crippen molar-refractivity contribution in [2.45, 2.75) is 59.1 Å². The molecule has 0 aliphatic carbocycles. The Hall–Kier alpha value is -0.860. The quantitative estimate of drug-likeness (QED) is 0.797. The standard InChI is InChI=1S/C17H29NO/c1-7-17(8-2,19-9-3)16(18-6)15-11-10-13(4)12-14(15)5/h10-12,16,18H,7-9H2,1-6H3. The van der Waals surface area contributed by atoms with Crippen LogP contribution in [0.4, 0.5) is 0 Å². The number of aryl methyl sites for hydroxylation is 2. The van der Waals surface area contributed by atoms with Crippen molar-refractivity contribution in [3.05, 3.63) is 34.9 Å². The maximum absolute atomic E-state index is 6.16. The lowest BCUT2D eigenvalue weighted by atomic mass is 9.82. The summed E-state index contributed by atoms with van der Waals surface area (Å²) in [7, 11) is 2.03. The molecule has 108 valence electrons. The third-order valence-electron chi connectivity index (χ3n) is 4.18. The summed E-state index contributed by atoms with van der Waals surface area (Å²) in [4.78, 5) is 0. The van der Waals surface area contributed by atoms with Gasteiger partial charge < -0.3 is 10.1 Å². The van der Waals surface area contributed by atoms with Crippen LogP contribution in [0.25, 0.3) is 0 Å². The van der Waals surface area contributed by atoms with Crippen LogP contribution in [0.15, 0.2) is 18.2 Å². The van der Waals surface area contributed by atoms with E-state index in [4.69, 9.17) is 4.74 Å². The van der Waals surface area contributed by atoms with Crippen LogP contribution in [0.1, 0.15) is 56.3 Å². The predicted octanol–water partition coefficient (Wildman–Crippen LogP) is 4.16. The van der Waals surface area contributed by atoms with E-state index in [9.17, 15) is 0 Å². The molecule has 1 unspecified atom stereocenters. The lowest BCUT2D eigenvalue weighted by molar-refractivity contribution is -0.0719. The van der Waals surface area contributed by atoms with Gasteiger partial charge in [0.15, 0.2) is 0 Å². The van der Waals surface area contributed by atoms with Crippen molar-refractivity contribution < 1.29 is 4.74 Å². The number of likely N-dealkylation sites (N-methyl/N-ethyl adjacent to an activating group) is 1. The maximum Gasteiger partial charge on any atom is 0.0870 e. The van der Waals surface area contributed by atoms with Gasteiger partial charge in [0.05, 0.1) is 11.6 Å². The smallest absolute Gasteiger partial charge is 0.0870 e. The molecule has 0 radical (unpaired) electrons. The van der Waals surface area contributed by atoms with Crippen molar-refractivity contribution in [2.24, 2.45) is 0 Å². The summed E-state index contributed by atoms with van der Waals surface area (Å²) in [5, 5.41) is 3.48. The molecule has 1 aromatic carbocycles. The minimum absolute atomic E-state index is 0.122. The molecule has 0 saturated carbocycles. The van der Waals surface area contributed by atoms with Crippen LogP contribution in [0.2, 0.25) is 0 Å². The summed E-state index contributed by atoms with van der Waals surface area (Å²) in [6.45, 7) is 11.6. The van der Waals surface area contributed by atoms with Crippen LogP contribution >= 0.6 is 0 Å². The van der Waals surface area contributed by atoms with Gasteiger partial charge in [-0.3, -0.25) is 0 Å². The van der Waals surface area contributed by atoms with Gasteiger partial charge in [0, 0.05) is 6.61 Å². The van der Waals surface area contributed by atoms with Crippen LogP contribution < -0.4 is 5.32 Å². The van der Waals surface area contributed by atoms with Gasteiger partial charge in [-0.05, 0) is 51.8 Å². The Balaban J connectivity index is 3.23. The SMILES string of the molecule is CCOC(CC)(CC)C(NC)c1ccc(C)cc1C. The second-order valence-corrected chi connectivity index (χ2v) is 5.29. The molecule has 0 saturated heterocycles. The first-order chi connectivity index (χ1) is 9.04. The maximum atomic E-state index is 6.16. The first-order valence-electron chi connectivity index (χ1n) is 7.43. The largest absolute Gasteiger partial charge is 0.373 e. The summed E-state index contributed by atoms with van der Waals surface area (Å²) in [6, 6.07) is 6.92. The molecule has 0 bridgehead atoms. The Kier molecular flexibility index (Phi) is 6.02. The number of hydrogen-bond acceptors (Lipinski definition) is 2. The lowest BCUT2D eigenvalue weighted by Gasteiger charge is -2.40. The van der Waals surface area contributed by atoms with E-state index in [1.807, 2.05) is 7.05 Å². The molecule has 1 aromatic rings. The topological polar surface area (TPSA) is 21.3 Å². The molecule has 0 spiro atoms. The first-order valence-corrected chi connectivity index (χ1v) is 7.43. The molecule has 2 nitrogen and oxygen atoms in total. The molecular formula is C17H29NO. The summed E-state index contributed by atoms with van der Waals surface area (Å²) in [5.41, 5.74) is 3.88. The minimum Gasteiger partial charge on any atom is -0.373 e. The summed E-state index contributed by atoms with van der Waals surface area (Å²) in [6.07, 6.45) is 2.02. The zero-order valence-electron chi connectivity index (χ0n) is 13.3. The van der Waals surface area contributed by atoms with Crippen molar-refractivity contribution >= 4 is 0 Å². The van der Waals surface area contributed by atoms with Gasteiger partial charge in [-0.2, -0.15) is 0 Å². The van der Waals surface area contributed by atoms with Crippen LogP contribution in [0.3, 0.4) is 0 Å². The van der Waals surface area contributed by atoms with Crippen molar-refractivity contribution in [1.82, 2.24) is 5.32 Å². The Morgan fingerprint density at radius 3 is 2.21 bits per heavy atom. The Bertz CT molecular complexity index is 396. The third-order valence-corrected chi connectivity index (χ3v) is 4.18. The molecule has 0 aliphatic rings. The molecule has 0 fully saturated rings. The zero-order valence-corrected chi connectivity index (χ0v) is 13.3. The van der Waals surface area contributed by atoms with Crippen LogP contribution in [0.5, 0.6) is 0 Å². The van der Waals surface area contributed by atoms with Gasteiger partial charge in [-0.25, -0.2) is 0 Å². The molecule has 1 rings (SSSR count). The van der Waals surface area contributed by atoms with Crippen molar-refractivity contribution in [3.63, 3.8) is 0 Å². The monoisotopic (exact) mass is 263 g/mol. The van der Waals surface area contributed by atoms with Gasteiger partial charge in [-0.15, -0.1) is 0 Å². The first kappa shape index (κ1) is 16.2. The minimum atomic E-state index is -0.122. The average molecular weight is 263 g/mol. The highest BCUT2D eigenvalue weighted by Crippen LogP contribution is 2.36. The summed E-state index contributed by atoms with van der Waals surface area (Å²) >= 11 is 0. The molecule has 0 aromatic heterocycles. The number of nitrogens with one attached hydrogen (secondary N) is 1. The van der Waals surface area contributed by atoms with E-state index in [1.165, 1.54) is 16.7 Å². The molecule has 2 heteroatoms. The highest BCUT2D eigenvalue weighted by Gasteiger charge is 2.37. The van der Waals surface area contributed by atoms with Crippen LogP contribution in [-0.4, -0.2) is 19.3 Å². The van der Waals surface area contributed by atoms with Crippen molar-refractivity contribution in [3.8, 4) is 0 Å². The molecule has 1 N–H and O–H groups in total. The number of benzene rings is 1. The fourth-order valence-electron chi connectivity index (χ4n) is 3.08. The van der Waals surface area contributed by atoms with Gasteiger partial charge in [0.1, 0.15) is 0 Å². The van der Waals surface area contributed by atoms with Crippen LogP contribution in [-0.2, 0) is 4.74 Å². The number of ether oxygens (including phenoxy) is 1. The average Bonchev–Trinajstić information content (AvgIpc) is 2.40. The van der Waals surface area contributed by atoms with Gasteiger partial charge in [0.2, 0.25) is 0 Å². The van der Waals surface area contributed by atoms with Gasteiger partial charge in [0.25, 0.3) is 0 Å². The molecule has 19 heavy (non-hydrogen) atoms. The second kappa shape index (κ2) is 7.06. The van der Waals surface area contributed by atoms with Crippen molar-refractivity contribution in [2.75, 3.05) is 13.7 Å². The third kappa shape index (κ3) is 3.37. The van der Waals surface area contributed by atoms with Crippen LogP contribution in [0, 0.1) is 13.8 Å². The highest BCUT2D eigenvalue weighted by atomic mass is 16.5. The van der Waals surface area contributed by atoms with E-state index < -0.39 is 0 Å². The van der Waals surface area contributed by atoms with E-state index in [0.29, 0.717) is 0 Å². The Morgan fingerprint density at radius 1 is 1.16 bits per heavy atom. The summed E-state index contributed by atoms with van der Waals surface area (Å²) < 4.78 is 6.16. The fraction of sp³-hybridized carbons (Fsp3) is 0.647. The number of rotatable bonds is 7. The van der Waals surface area contributed by atoms with E-state index in [0.717, 1.165) is 19.4 Å². The van der Waals surface area contributed by atoms with Gasteiger partial charge in [-0.1, -0.05) is 37.6 Å². The lowest BCUT2D eigenvalue weighted by Crippen LogP contribution is -2.44. The molecular weight excluding hydrogens is 234 g/mol.